The van der Waals surface area contributed by atoms with E-state index in [-0.39, 0.29) is 23.7 Å². The number of aromatic nitrogens is 2. The summed E-state index contributed by atoms with van der Waals surface area (Å²) < 4.78 is 7.77. The summed E-state index contributed by atoms with van der Waals surface area (Å²) in [5.41, 5.74) is 2.33. The smallest absolute Gasteiger partial charge is 0.272 e. The number of carbonyl (C=O) groups is 2. The normalized spacial score (nSPS) is 22.7. The van der Waals surface area contributed by atoms with Gasteiger partial charge >= 0.3 is 0 Å². The molecule has 0 N–H and O–H groups in total. The second-order valence-electron chi connectivity index (χ2n) is 7.28. The molecule has 1 aromatic heterocycles. The molecule has 1 saturated heterocycles. The molecule has 1 amide bonds. The fourth-order valence-corrected chi connectivity index (χ4v) is 3.97. The molecular formula is C20H23N3O3. The van der Waals surface area contributed by atoms with E-state index in [1.165, 1.54) is 0 Å². The highest BCUT2D eigenvalue weighted by Crippen LogP contribution is 2.34. The second-order valence-corrected chi connectivity index (χ2v) is 7.28. The number of aryl methyl sites for hydroxylation is 2. The number of Topliss-reactive ketones (excluding diaryl/α,β-unsaturated/α-hetero) is 1. The highest BCUT2D eigenvalue weighted by Gasteiger charge is 2.36. The van der Waals surface area contributed by atoms with Gasteiger partial charge in [0, 0.05) is 38.7 Å². The molecule has 3 heterocycles. The van der Waals surface area contributed by atoms with Crippen molar-refractivity contribution in [2.75, 3.05) is 13.1 Å². The maximum atomic E-state index is 12.8. The third kappa shape index (κ3) is 3.00. The quantitative estimate of drug-likeness (QED) is 0.832. The molecule has 0 spiro atoms. The largest absolute Gasteiger partial charge is 0.489 e. The molecule has 136 valence electrons. The van der Waals surface area contributed by atoms with Gasteiger partial charge in [-0.05, 0) is 38.0 Å². The Balaban J connectivity index is 1.50. The first-order chi connectivity index (χ1) is 12.5. The topological polar surface area (TPSA) is 64.4 Å². The van der Waals surface area contributed by atoms with Crippen LogP contribution in [0.3, 0.4) is 0 Å². The molecule has 0 saturated carbocycles. The number of ketones is 1. The summed E-state index contributed by atoms with van der Waals surface area (Å²) >= 11 is 0. The van der Waals surface area contributed by atoms with Crippen LogP contribution in [-0.4, -0.2) is 45.6 Å². The maximum absolute atomic E-state index is 12.8. The minimum atomic E-state index is -0.167. The molecule has 6 nitrogen and oxygen atoms in total. The summed E-state index contributed by atoms with van der Waals surface area (Å²) in [7, 11) is 1.77. The lowest BCUT2D eigenvalue weighted by Crippen LogP contribution is -2.46. The minimum absolute atomic E-state index is 0.00661. The Morgan fingerprint density at radius 2 is 2.15 bits per heavy atom. The van der Waals surface area contributed by atoms with Crippen LogP contribution in [0, 0.1) is 12.8 Å². The Labute approximate surface area is 152 Å². The van der Waals surface area contributed by atoms with Crippen LogP contribution >= 0.6 is 0 Å². The molecule has 4 rings (SSSR count). The number of carbonyl (C=O) groups excluding carboxylic acids is 2. The van der Waals surface area contributed by atoms with E-state index < -0.39 is 0 Å². The number of piperidine rings is 1. The number of nitrogens with zero attached hydrogens (tertiary/aromatic N) is 3. The van der Waals surface area contributed by atoms with Crippen molar-refractivity contribution in [3.05, 3.63) is 47.3 Å². The van der Waals surface area contributed by atoms with Gasteiger partial charge in [0.05, 0.1) is 5.56 Å². The molecule has 2 aliphatic heterocycles. The van der Waals surface area contributed by atoms with Gasteiger partial charge in [0.2, 0.25) is 0 Å². The molecular weight excluding hydrogens is 330 g/mol. The van der Waals surface area contributed by atoms with Gasteiger partial charge in [0.25, 0.3) is 5.91 Å². The number of hydrogen-bond donors (Lipinski definition) is 0. The van der Waals surface area contributed by atoms with Gasteiger partial charge in [-0.1, -0.05) is 11.6 Å². The zero-order valence-corrected chi connectivity index (χ0v) is 15.1. The summed E-state index contributed by atoms with van der Waals surface area (Å²) in [5, 5.41) is 4.08. The molecule has 2 aliphatic rings. The van der Waals surface area contributed by atoms with Gasteiger partial charge < -0.3 is 9.64 Å². The predicted octanol–water partition coefficient (Wildman–Crippen LogP) is 2.61. The standard InChI is InChI=1S/C20H23N3O3/c1-13-5-6-18-15(10-13)17(24)11-19(26-18)14-4-3-9-23(12-14)20(25)16-7-8-21-22(16)2/h5-8,10,14,19H,3-4,9,11-12H2,1-2H3/t14-,19-/m1/s1. The Morgan fingerprint density at radius 3 is 2.92 bits per heavy atom. The van der Waals surface area contributed by atoms with E-state index in [2.05, 4.69) is 5.10 Å². The Kier molecular flexibility index (Phi) is 4.26. The molecule has 2 atom stereocenters. The number of benzene rings is 1. The van der Waals surface area contributed by atoms with Crippen LogP contribution in [0.5, 0.6) is 5.75 Å². The zero-order chi connectivity index (χ0) is 18.3. The molecule has 2 aromatic rings. The highest BCUT2D eigenvalue weighted by atomic mass is 16.5. The number of hydrogen-bond acceptors (Lipinski definition) is 4. The van der Waals surface area contributed by atoms with Crippen LogP contribution in [0.1, 0.15) is 45.7 Å². The van der Waals surface area contributed by atoms with Crippen molar-refractivity contribution in [1.29, 1.82) is 0 Å². The van der Waals surface area contributed by atoms with Crippen LogP contribution in [0.25, 0.3) is 0 Å². The van der Waals surface area contributed by atoms with Crippen molar-refractivity contribution in [2.45, 2.75) is 32.3 Å². The first kappa shape index (κ1) is 16.8. The van der Waals surface area contributed by atoms with Crippen molar-refractivity contribution in [1.82, 2.24) is 14.7 Å². The Hall–Kier alpha value is -2.63. The third-order valence-electron chi connectivity index (χ3n) is 5.41. The van der Waals surface area contributed by atoms with E-state index in [0.29, 0.717) is 30.0 Å². The van der Waals surface area contributed by atoms with Gasteiger partial charge in [-0.2, -0.15) is 5.10 Å². The highest BCUT2D eigenvalue weighted by molar-refractivity contribution is 6.00. The first-order valence-corrected chi connectivity index (χ1v) is 9.10. The molecule has 0 radical (unpaired) electrons. The molecule has 0 unspecified atom stereocenters. The van der Waals surface area contributed by atoms with Crippen LogP contribution in [0.2, 0.25) is 0 Å². The number of ether oxygens (including phenoxy) is 1. The van der Waals surface area contributed by atoms with E-state index >= 15 is 0 Å². The predicted molar refractivity (Wildman–Crippen MR) is 96.4 cm³/mol. The van der Waals surface area contributed by atoms with Crippen LogP contribution < -0.4 is 4.74 Å². The van der Waals surface area contributed by atoms with E-state index in [4.69, 9.17) is 4.74 Å². The number of rotatable bonds is 2. The second kappa shape index (κ2) is 6.59. The summed E-state index contributed by atoms with van der Waals surface area (Å²) in [5.74, 6) is 0.967. The summed E-state index contributed by atoms with van der Waals surface area (Å²) in [6.45, 7) is 3.32. The van der Waals surface area contributed by atoms with Crippen LogP contribution in [0.4, 0.5) is 0 Å². The van der Waals surface area contributed by atoms with Gasteiger partial charge in [-0.3, -0.25) is 14.3 Å². The van der Waals surface area contributed by atoms with Crippen molar-refractivity contribution in [3.8, 4) is 5.75 Å². The average molecular weight is 353 g/mol. The van der Waals surface area contributed by atoms with Gasteiger partial charge in [-0.15, -0.1) is 0 Å². The fraction of sp³-hybridized carbons (Fsp3) is 0.450. The lowest BCUT2D eigenvalue weighted by atomic mass is 9.86. The van der Waals surface area contributed by atoms with Crippen LogP contribution in [-0.2, 0) is 7.05 Å². The molecule has 0 aliphatic carbocycles. The van der Waals surface area contributed by atoms with E-state index in [0.717, 1.165) is 24.9 Å². The maximum Gasteiger partial charge on any atom is 0.272 e. The van der Waals surface area contributed by atoms with Gasteiger partial charge in [0.1, 0.15) is 17.5 Å². The monoisotopic (exact) mass is 353 g/mol. The SMILES string of the molecule is Cc1ccc2c(c1)C(=O)C[C@H]([C@@H]1CCCN(C(=O)c3ccnn3C)C1)O2. The van der Waals surface area contributed by atoms with Crippen molar-refractivity contribution >= 4 is 11.7 Å². The van der Waals surface area contributed by atoms with Crippen LogP contribution in [0.15, 0.2) is 30.5 Å². The minimum Gasteiger partial charge on any atom is -0.489 e. The summed E-state index contributed by atoms with van der Waals surface area (Å²) in [6, 6.07) is 7.49. The lowest BCUT2D eigenvalue weighted by molar-refractivity contribution is 0.0403. The number of fused-ring (bicyclic) bond motifs is 1. The van der Waals surface area contributed by atoms with Crippen molar-refractivity contribution in [3.63, 3.8) is 0 Å². The third-order valence-corrected chi connectivity index (χ3v) is 5.41. The van der Waals surface area contributed by atoms with Crippen molar-refractivity contribution in [2.24, 2.45) is 13.0 Å². The van der Waals surface area contributed by atoms with E-state index in [1.807, 2.05) is 30.0 Å². The Bertz CT molecular complexity index is 858. The number of likely N-dealkylation sites (tertiary alicyclic amines) is 1. The first-order valence-electron chi connectivity index (χ1n) is 9.10. The molecule has 1 aromatic carbocycles. The molecule has 1 fully saturated rings. The average Bonchev–Trinajstić information content (AvgIpc) is 3.07. The fourth-order valence-electron chi connectivity index (χ4n) is 3.97. The van der Waals surface area contributed by atoms with Gasteiger partial charge in [0.15, 0.2) is 5.78 Å². The molecule has 6 heteroatoms. The number of amides is 1. The molecule has 26 heavy (non-hydrogen) atoms. The van der Waals surface area contributed by atoms with E-state index in [1.54, 1.807) is 24.0 Å². The van der Waals surface area contributed by atoms with Gasteiger partial charge in [-0.25, -0.2) is 0 Å². The van der Waals surface area contributed by atoms with E-state index in [9.17, 15) is 9.59 Å². The Morgan fingerprint density at radius 1 is 1.31 bits per heavy atom. The zero-order valence-electron chi connectivity index (χ0n) is 15.1. The van der Waals surface area contributed by atoms with Crippen molar-refractivity contribution < 1.29 is 14.3 Å². The molecule has 0 bridgehead atoms. The lowest BCUT2D eigenvalue weighted by Gasteiger charge is -2.38. The summed E-state index contributed by atoms with van der Waals surface area (Å²) in [6.07, 6.45) is 3.74. The summed E-state index contributed by atoms with van der Waals surface area (Å²) in [4.78, 5) is 27.2.